The Morgan fingerprint density at radius 3 is 2.44 bits per heavy atom. The molecule has 0 saturated heterocycles. The zero-order valence-electron chi connectivity index (χ0n) is 17.9. The monoisotopic (exact) mass is 494 g/mol. The van der Waals surface area contributed by atoms with E-state index in [0.717, 1.165) is 0 Å². The number of aliphatic hydroxyl groups excluding tert-OH is 1. The van der Waals surface area contributed by atoms with Gasteiger partial charge in [0.25, 0.3) is 5.91 Å². The van der Waals surface area contributed by atoms with Gasteiger partial charge in [-0.1, -0.05) is 47.5 Å². The van der Waals surface area contributed by atoms with Crippen LogP contribution in [0.3, 0.4) is 0 Å². The van der Waals surface area contributed by atoms with Gasteiger partial charge in [0.1, 0.15) is 11.5 Å². The minimum absolute atomic E-state index is 0.0948. The molecule has 4 aromatic rings. The number of nitrogens with zero attached hydrogens (tertiary/aromatic N) is 3. The van der Waals surface area contributed by atoms with Crippen molar-refractivity contribution < 1.29 is 14.7 Å². The number of halogens is 2. The molecule has 0 atom stereocenters. The Balaban J connectivity index is 1.70. The van der Waals surface area contributed by atoms with Gasteiger partial charge in [0, 0.05) is 30.9 Å². The first-order chi connectivity index (χ1) is 16.5. The summed E-state index contributed by atoms with van der Waals surface area (Å²) in [6, 6.07) is 19.1. The highest BCUT2D eigenvalue weighted by Crippen LogP contribution is 2.32. The van der Waals surface area contributed by atoms with Crippen molar-refractivity contribution in [3.8, 4) is 16.9 Å². The summed E-state index contributed by atoms with van der Waals surface area (Å²) in [6.45, 7) is -0.0948. The molecule has 0 aliphatic rings. The number of hydrogen-bond acceptors (Lipinski definition) is 5. The fourth-order valence-corrected chi connectivity index (χ4v) is 3.93. The lowest BCUT2D eigenvalue weighted by molar-refractivity contribution is 0.0965. The molecule has 2 N–H and O–H groups in total. The number of aliphatic hydroxyl groups is 1. The van der Waals surface area contributed by atoms with Crippen LogP contribution >= 0.6 is 23.2 Å². The van der Waals surface area contributed by atoms with E-state index >= 15 is 0 Å². The molecule has 1 amide bonds. The SMILES string of the molecule is O=C(CCCO)c1cc(NC(=O)c2cc(-c3ccccn3)c(Cl)cc2Cl)n(-c2ccccc2)n1. The number of amides is 1. The van der Waals surface area contributed by atoms with Crippen molar-refractivity contribution in [2.75, 3.05) is 11.9 Å². The number of benzene rings is 2. The molecule has 4 rings (SSSR count). The molecule has 0 fully saturated rings. The molecule has 0 saturated carbocycles. The fourth-order valence-electron chi connectivity index (χ4n) is 3.37. The molecule has 0 spiro atoms. The lowest BCUT2D eigenvalue weighted by atomic mass is 10.1. The van der Waals surface area contributed by atoms with E-state index in [-0.39, 0.29) is 35.1 Å². The van der Waals surface area contributed by atoms with Gasteiger partial charge >= 0.3 is 0 Å². The van der Waals surface area contributed by atoms with Crippen molar-refractivity contribution >= 4 is 40.7 Å². The smallest absolute Gasteiger partial charge is 0.258 e. The maximum atomic E-state index is 13.2. The molecule has 0 bridgehead atoms. The van der Waals surface area contributed by atoms with Gasteiger partial charge in [-0.15, -0.1) is 0 Å². The lowest BCUT2D eigenvalue weighted by Gasteiger charge is -2.12. The summed E-state index contributed by atoms with van der Waals surface area (Å²) in [4.78, 5) is 30.0. The second-order valence-electron chi connectivity index (χ2n) is 7.39. The molecule has 2 heterocycles. The molecule has 7 nitrogen and oxygen atoms in total. The Kier molecular flexibility index (Phi) is 7.37. The number of carbonyl (C=O) groups excluding carboxylic acids is 2. The summed E-state index contributed by atoms with van der Waals surface area (Å²) in [5.41, 5.74) is 2.21. The van der Waals surface area contributed by atoms with Gasteiger partial charge < -0.3 is 10.4 Å². The number of carbonyl (C=O) groups is 2. The maximum absolute atomic E-state index is 13.2. The minimum Gasteiger partial charge on any atom is -0.396 e. The molecule has 34 heavy (non-hydrogen) atoms. The first-order valence-corrected chi connectivity index (χ1v) is 11.2. The molecular formula is C25H20Cl2N4O3. The molecular weight excluding hydrogens is 475 g/mol. The van der Waals surface area contributed by atoms with Crippen molar-refractivity contribution in [2.45, 2.75) is 12.8 Å². The van der Waals surface area contributed by atoms with Gasteiger partial charge in [0.05, 0.1) is 27.0 Å². The van der Waals surface area contributed by atoms with Gasteiger partial charge in [0.2, 0.25) is 0 Å². The number of ketones is 1. The second kappa shape index (κ2) is 10.6. The summed E-state index contributed by atoms with van der Waals surface area (Å²) < 4.78 is 1.48. The summed E-state index contributed by atoms with van der Waals surface area (Å²) in [5, 5.41) is 16.8. The van der Waals surface area contributed by atoms with Crippen molar-refractivity contribution in [1.82, 2.24) is 14.8 Å². The van der Waals surface area contributed by atoms with E-state index in [2.05, 4.69) is 15.4 Å². The lowest BCUT2D eigenvalue weighted by Crippen LogP contribution is -2.16. The van der Waals surface area contributed by atoms with Crippen LogP contribution in [-0.2, 0) is 0 Å². The second-order valence-corrected chi connectivity index (χ2v) is 8.21. The average molecular weight is 495 g/mol. The number of hydrogen-bond donors (Lipinski definition) is 2. The Bertz CT molecular complexity index is 1330. The molecule has 172 valence electrons. The van der Waals surface area contributed by atoms with E-state index in [4.69, 9.17) is 28.3 Å². The molecule has 0 unspecified atom stereocenters. The zero-order valence-corrected chi connectivity index (χ0v) is 19.4. The summed E-state index contributed by atoms with van der Waals surface area (Å²) in [7, 11) is 0. The summed E-state index contributed by atoms with van der Waals surface area (Å²) in [6.07, 6.45) is 2.11. The molecule has 9 heteroatoms. The molecule has 2 aromatic heterocycles. The number of anilines is 1. The van der Waals surface area contributed by atoms with Crippen LogP contribution in [0.4, 0.5) is 5.82 Å². The van der Waals surface area contributed by atoms with Crippen LogP contribution in [0.2, 0.25) is 10.0 Å². The van der Waals surface area contributed by atoms with Crippen molar-refractivity contribution in [1.29, 1.82) is 0 Å². The number of nitrogens with one attached hydrogen (secondary N) is 1. The van der Waals surface area contributed by atoms with Crippen molar-refractivity contribution in [3.63, 3.8) is 0 Å². The van der Waals surface area contributed by atoms with Crippen molar-refractivity contribution in [3.05, 3.63) is 94.2 Å². The Morgan fingerprint density at radius 2 is 1.74 bits per heavy atom. The fraction of sp³-hybridized carbons (Fsp3) is 0.120. The van der Waals surface area contributed by atoms with Gasteiger partial charge in [-0.25, -0.2) is 4.68 Å². The van der Waals surface area contributed by atoms with Crippen LogP contribution in [0.5, 0.6) is 0 Å². The van der Waals surface area contributed by atoms with Gasteiger partial charge in [0.15, 0.2) is 5.78 Å². The molecule has 0 aliphatic carbocycles. The van der Waals surface area contributed by atoms with E-state index < -0.39 is 5.91 Å². The third kappa shape index (κ3) is 5.17. The highest BCUT2D eigenvalue weighted by molar-refractivity contribution is 6.38. The Morgan fingerprint density at radius 1 is 0.971 bits per heavy atom. The van der Waals surface area contributed by atoms with Crippen LogP contribution in [0.15, 0.2) is 72.9 Å². The van der Waals surface area contributed by atoms with Crippen LogP contribution < -0.4 is 5.32 Å². The average Bonchev–Trinajstić information content (AvgIpc) is 3.27. The maximum Gasteiger partial charge on any atom is 0.258 e. The number of aromatic nitrogens is 3. The predicted molar refractivity (Wildman–Crippen MR) is 132 cm³/mol. The number of pyridine rings is 1. The topological polar surface area (TPSA) is 97.1 Å². The van der Waals surface area contributed by atoms with Crippen LogP contribution in [0.1, 0.15) is 33.7 Å². The molecule has 0 radical (unpaired) electrons. The highest BCUT2D eigenvalue weighted by Gasteiger charge is 2.20. The van der Waals surface area contributed by atoms with E-state index in [1.165, 1.54) is 16.8 Å². The van der Waals surface area contributed by atoms with Gasteiger partial charge in [-0.3, -0.25) is 14.6 Å². The number of rotatable bonds is 8. The minimum atomic E-state index is -0.495. The summed E-state index contributed by atoms with van der Waals surface area (Å²) in [5.74, 6) is -0.430. The van der Waals surface area contributed by atoms with Gasteiger partial charge in [-0.05, 0) is 42.8 Å². The standard InChI is InChI=1S/C25H20Cl2N4O3/c26-19-14-20(27)18(13-17(19)21-9-4-5-11-28-21)25(34)29-24-15-22(23(33)10-6-12-32)30-31(24)16-7-2-1-3-8-16/h1-5,7-9,11,13-15,32H,6,10,12H2,(H,29,34). The normalized spacial score (nSPS) is 10.8. The van der Waals surface area contributed by atoms with E-state index in [0.29, 0.717) is 34.2 Å². The van der Waals surface area contributed by atoms with Crippen LogP contribution in [-0.4, -0.2) is 38.2 Å². The number of Topliss-reactive ketones (excluding diaryl/α,β-unsaturated/α-hetero) is 1. The van der Waals surface area contributed by atoms with E-state index in [1.54, 1.807) is 36.5 Å². The molecule has 2 aromatic carbocycles. The first kappa shape index (κ1) is 23.6. The zero-order chi connectivity index (χ0) is 24.1. The first-order valence-electron chi connectivity index (χ1n) is 10.5. The Hall–Kier alpha value is -3.52. The highest BCUT2D eigenvalue weighted by atomic mass is 35.5. The summed E-state index contributed by atoms with van der Waals surface area (Å²) >= 11 is 12.7. The largest absolute Gasteiger partial charge is 0.396 e. The Labute approximate surface area is 206 Å². The number of para-hydroxylation sites is 1. The van der Waals surface area contributed by atoms with Crippen LogP contribution in [0, 0.1) is 0 Å². The molecule has 0 aliphatic heterocycles. The van der Waals surface area contributed by atoms with Crippen molar-refractivity contribution in [2.24, 2.45) is 0 Å². The van der Waals surface area contributed by atoms with E-state index in [9.17, 15) is 9.59 Å². The third-order valence-electron chi connectivity index (χ3n) is 5.04. The van der Waals surface area contributed by atoms with Crippen LogP contribution in [0.25, 0.3) is 16.9 Å². The quantitative estimate of drug-likeness (QED) is 0.317. The van der Waals surface area contributed by atoms with Gasteiger partial charge in [-0.2, -0.15) is 5.10 Å². The third-order valence-corrected chi connectivity index (χ3v) is 5.67. The van der Waals surface area contributed by atoms with E-state index in [1.807, 2.05) is 24.3 Å². The predicted octanol–water partition coefficient (Wildman–Crippen LogP) is 5.45.